The summed E-state index contributed by atoms with van der Waals surface area (Å²) in [6.45, 7) is 8.15. The van der Waals surface area contributed by atoms with Crippen molar-refractivity contribution in [2.45, 2.75) is 63.8 Å². The minimum Gasteiger partial charge on any atom is -0.494 e. The van der Waals surface area contributed by atoms with Crippen LogP contribution in [-0.2, 0) is 10.0 Å². The monoisotopic (exact) mass is 491 g/mol. The van der Waals surface area contributed by atoms with Gasteiger partial charge in [-0.25, -0.2) is 13.1 Å². The Morgan fingerprint density at radius 1 is 0.970 bits per heavy atom. The van der Waals surface area contributed by atoms with Crippen LogP contribution in [0.3, 0.4) is 0 Å². The quantitative estimate of drug-likeness (QED) is 0.325. The smallest absolute Gasteiger partial charge is 0.257 e. The van der Waals surface area contributed by atoms with Crippen molar-refractivity contribution < 1.29 is 17.9 Å². The summed E-state index contributed by atoms with van der Waals surface area (Å²) in [5.41, 5.74) is 0.426. The zero-order chi connectivity index (χ0) is 24.5. The van der Waals surface area contributed by atoms with Crippen LogP contribution in [0.25, 0.3) is 0 Å². The maximum atomic E-state index is 12.4. The molecule has 0 radical (unpaired) electrons. The first kappa shape index (κ1) is 26.8. The number of carbonyl (C=O) groups excluding carboxylic acids is 1. The molecule has 180 valence electrons. The lowest BCUT2D eigenvalue weighted by Crippen LogP contribution is -2.40. The number of carbonyl (C=O) groups is 1. The third-order valence-electron chi connectivity index (χ3n) is 4.47. The molecule has 0 saturated carbocycles. The summed E-state index contributed by atoms with van der Waals surface area (Å²) in [4.78, 5) is 12.6. The summed E-state index contributed by atoms with van der Waals surface area (Å²) >= 11 is 5.21. The third kappa shape index (κ3) is 9.49. The number of amides is 1. The van der Waals surface area contributed by atoms with Crippen LogP contribution in [0.5, 0.6) is 5.75 Å². The number of hydrogen-bond donors (Lipinski definition) is 3. The molecule has 0 aliphatic carbocycles. The molecule has 0 saturated heterocycles. The highest BCUT2D eigenvalue weighted by Crippen LogP contribution is 2.17. The van der Waals surface area contributed by atoms with Gasteiger partial charge in [0.25, 0.3) is 5.91 Å². The van der Waals surface area contributed by atoms with E-state index in [0.717, 1.165) is 18.6 Å². The lowest BCUT2D eigenvalue weighted by molar-refractivity contribution is 0.0977. The zero-order valence-electron chi connectivity index (χ0n) is 19.6. The SMILES string of the molecule is CCCCCCOc1ccc(C(=O)NC(=S)Nc2ccc(S(=O)(=O)NC(C)(C)C)cc2)cc1. The fourth-order valence-corrected chi connectivity index (χ4v) is 4.57. The average molecular weight is 492 g/mol. The normalized spacial score (nSPS) is 11.6. The summed E-state index contributed by atoms with van der Waals surface area (Å²) in [6.07, 6.45) is 4.54. The Morgan fingerprint density at radius 2 is 1.61 bits per heavy atom. The number of unbranched alkanes of at least 4 members (excludes halogenated alkanes) is 3. The van der Waals surface area contributed by atoms with Gasteiger partial charge in [-0.2, -0.15) is 0 Å². The van der Waals surface area contributed by atoms with Gasteiger partial charge in [-0.3, -0.25) is 10.1 Å². The van der Waals surface area contributed by atoms with Crippen LogP contribution in [-0.4, -0.2) is 31.6 Å². The Bertz CT molecular complexity index is 1030. The highest BCUT2D eigenvalue weighted by molar-refractivity contribution is 7.89. The lowest BCUT2D eigenvalue weighted by atomic mass is 10.1. The van der Waals surface area contributed by atoms with Gasteiger partial charge in [0, 0.05) is 16.8 Å². The van der Waals surface area contributed by atoms with Crippen molar-refractivity contribution >= 4 is 38.9 Å². The van der Waals surface area contributed by atoms with E-state index >= 15 is 0 Å². The maximum absolute atomic E-state index is 12.4. The van der Waals surface area contributed by atoms with Crippen LogP contribution in [0.4, 0.5) is 5.69 Å². The summed E-state index contributed by atoms with van der Waals surface area (Å²) in [6, 6.07) is 13.0. The zero-order valence-corrected chi connectivity index (χ0v) is 21.2. The van der Waals surface area contributed by atoms with Gasteiger partial charge in [0.05, 0.1) is 11.5 Å². The number of anilines is 1. The van der Waals surface area contributed by atoms with Gasteiger partial charge in [0.1, 0.15) is 5.75 Å². The van der Waals surface area contributed by atoms with E-state index in [4.69, 9.17) is 17.0 Å². The molecule has 0 unspecified atom stereocenters. The molecule has 0 aromatic heterocycles. The van der Waals surface area contributed by atoms with Gasteiger partial charge in [0.2, 0.25) is 10.0 Å². The maximum Gasteiger partial charge on any atom is 0.257 e. The highest BCUT2D eigenvalue weighted by atomic mass is 32.2. The molecule has 2 aromatic rings. The first-order valence-corrected chi connectivity index (χ1v) is 12.9. The predicted octanol–water partition coefficient (Wildman–Crippen LogP) is 4.85. The van der Waals surface area contributed by atoms with Crippen LogP contribution < -0.4 is 20.1 Å². The Morgan fingerprint density at radius 3 is 2.18 bits per heavy atom. The highest BCUT2D eigenvalue weighted by Gasteiger charge is 2.21. The second kappa shape index (κ2) is 12.1. The molecular formula is C24H33N3O4S2. The molecule has 0 spiro atoms. The van der Waals surface area contributed by atoms with E-state index in [2.05, 4.69) is 22.3 Å². The van der Waals surface area contributed by atoms with Crippen LogP contribution in [0.1, 0.15) is 63.7 Å². The van der Waals surface area contributed by atoms with Crippen LogP contribution >= 0.6 is 12.2 Å². The van der Waals surface area contributed by atoms with Gasteiger partial charge in [-0.05, 0) is 87.9 Å². The van der Waals surface area contributed by atoms with Gasteiger partial charge in [0.15, 0.2) is 5.11 Å². The molecule has 0 aliphatic heterocycles. The molecule has 2 aromatic carbocycles. The Labute approximate surface area is 202 Å². The minimum atomic E-state index is -3.62. The van der Waals surface area contributed by atoms with Gasteiger partial charge < -0.3 is 10.1 Å². The molecule has 7 nitrogen and oxygen atoms in total. The van der Waals surface area contributed by atoms with E-state index in [0.29, 0.717) is 17.9 Å². The molecule has 3 N–H and O–H groups in total. The molecule has 0 aliphatic rings. The molecule has 1 amide bonds. The Kier molecular flexibility index (Phi) is 9.82. The minimum absolute atomic E-state index is 0.111. The number of thiocarbonyl (C=S) groups is 1. The third-order valence-corrected chi connectivity index (χ3v) is 6.45. The molecule has 9 heteroatoms. The largest absolute Gasteiger partial charge is 0.494 e. The molecule has 2 rings (SSSR count). The van der Waals surface area contributed by atoms with Gasteiger partial charge >= 0.3 is 0 Å². The van der Waals surface area contributed by atoms with Crippen LogP contribution in [0.2, 0.25) is 0 Å². The van der Waals surface area contributed by atoms with Crippen molar-refractivity contribution in [2.24, 2.45) is 0 Å². The molecular weight excluding hydrogens is 458 g/mol. The van der Waals surface area contributed by atoms with E-state index in [9.17, 15) is 13.2 Å². The van der Waals surface area contributed by atoms with Crippen molar-refractivity contribution in [3.8, 4) is 5.75 Å². The van der Waals surface area contributed by atoms with Crippen molar-refractivity contribution in [1.29, 1.82) is 0 Å². The van der Waals surface area contributed by atoms with E-state index in [1.165, 1.54) is 25.0 Å². The predicted molar refractivity (Wildman–Crippen MR) is 136 cm³/mol. The van der Waals surface area contributed by atoms with Crippen molar-refractivity contribution in [3.05, 3.63) is 54.1 Å². The fraction of sp³-hybridized carbons (Fsp3) is 0.417. The molecule has 0 fully saturated rings. The van der Waals surface area contributed by atoms with Crippen molar-refractivity contribution in [2.75, 3.05) is 11.9 Å². The van der Waals surface area contributed by atoms with E-state index in [-0.39, 0.29) is 15.9 Å². The van der Waals surface area contributed by atoms with Gasteiger partial charge in [-0.1, -0.05) is 26.2 Å². The summed E-state index contributed by atoms with van der Waals surface area (Å²) in [5.74, 6) is 0.371. The molecule has 0 atom stereocenters. The summed E-state index contributed by atoms with van der Waals surface area (Å²) in [7, 11) is -3.62. The number of ether oxygens (including phenoxy) is 1. The van der Waals surface area contributed by atoms with E-state index < -0.39 is 15.6 Å². The fourth-order valence-electron chi connectivity index (χ4n) is 2.94. The van der Waals surface area contributed by atoms with Gasteiger partial charge in [-0.15, -0.1) is 0 Å². The molecule has 33 heavy (non-hydrogen) atoms. The summed E-state index contributed by atoms with van der Waals surface area (Å²) < 4.78 is 33.1. The topological polar surface area (TPSA) is 96.5 Å². The Balaban J connectivity index is 1.87. The average Bonchev–Trinajstić information content (AvgIpc) is 2.72. The first-order valence-electron chi connectivity index (χ1n) is 11.0. The number of sulfonamides is 1. The van der Waals surface area contributed by atoms with Crippen molar-refractivity contribution in [1.82, 2.24) is 10.0 Å². The van der Waals surface area contributed by atoms with E-state index in [1.807, 2.05) is 0 Å². The first-order chi connectivity index (χ1) is 15.5. The van der Waals surface area contributed by atoms with Crippen LogP contribution in [0, 0.1) is 0 Å². The number of hydrogen-bond acceptors (Lipinski definition) is 5. The lowest BCUT2D eigenvalue weighted by Gasteiger charge is -2.20. The number of rotatable bonds is 10. The second-order valence-electron chi connectivity index (χ2n) is 8.72. The Hall–Kier alpha value is -2.49. The summed E-state index contributed by atoms with van der Waals surface area (Å²) in [5, 5.41) is 5.61. The van der Waals surface area contributed by atoms with E-state index in [1.54, 1.807) is 57.2 Å². The second-order valence-corrected chi connectivity index (χ2v) is 10.8. The van der Waals surface area contributed by atoms with Crippen LogP contribution in [0.15, 0.2) is 53.4 Å². The van der Waals surface area contributed by atoms with Crippen molar-refractivity contribution in [3.63, 3.8) is 0 Å². The standard InChI is InChI=1S/C24H33N3O4S2/c1-5-6-7-8-17-31-20-13-9-18(10-14-20)22(28)26-23(32)25-19-11-15-21(16-12-19)33(29,30)27-24(2,3)4/h9-16,27H,5-8,17H2,1-4H3,(H2,25,26,28,32). The molecule has 0 heterocycles. The molecule has 0 bridgehead atoms. The number of nitrogens with one attached hydrogen (secondary N) is 3. The number of benzene rings is 2.